The van der Waals surface area contributed by atoms with Crippen LogP contribution in [-0.4, -0.2) is 73.1 Å². The standard InChI is InChI=1S/C4H6O4.C2H4N4.C2H4O2.CH4O3S.4CH4/c1-2(3(5)6)4(7)8;1-2-3-5-6-4-2;1-2(3)4;1-5(2,3)4;;;;/h2H,1H3,(H,5,6)(H,7,8);1H3,(H,3,4,5,6);1H3,(H,3,4);1H3,(H,2,3,4);4*1H4. The van der Waals surface area contributed by atoms with Crippen LogP contribution in [-0.2, 0) is 24.5 Å². The van der Waals surface area contributed by atoms with Crippen LogP contribution in [0.15, 0.2) is 0 Å². The fourth-order valence-electron chi connectivity index (χ4n) is 0.317. The van der Waals surface area contributed by atoms with Gasteiger partial charge in [-0.1, -0.05) is 34.9 Å². The van der Waals surface area contributed by atoms with Gasteiger partial charge in [0.1, 0.15) is 0 Å². The quantitative estimate of drug-likeness (QED) is 0.337. The van der Waals surface area contributed by atoms with Crippen LogP contribution in [0.5, 0.6) is 0 Å². The number of carboxylic acid groups (broad SMARTS) is 3. The maximum absolute atomic E-state index is 9.76. The zero-order valence-electron chi connectivity index (χ0n) is 12.7. The normalized spacial score (nSPS) is 7.78. The lowest BCUT2D eigenvalue weighted by molar-refractivity contribution is -0.153. The molecule has 0 atom stereocenters. The lowest BCUT2D eigenvalue weighted by atomic mass is 10.2. The average molecular weight is 423 g/mol. The van der Waals surface area contributed by atoms with Crippen LogP contribution in [0.2, 0.25) is 0 Å². The van der Waals surface area contributed by atoms with Gasteiger partial charge in [0.2, 0.25) is 0 Å². The molecule has 0 saturated heterocycles. The van der Waals surface area contributed by atoms with E-state index in [-0.39, 0.29) is 29.7 Å². The van der Waals surface area contributed by atoms with Crippen LogP contribution in [0.1, 0.15) is 49.4 Å². The highest BCUT2D eigenvalue weighted by Crippen LogP contribution is 1.91. The molecule has 1 aromatic rings. The van der Waals surface area contributed by atoms with E-state index < -0.39 is 33.9 Å². The number of nitrogens with one attached hydrogen (secondary N) is 1. The Morgan fingerprint density at radius 3 is 1.30 bits per heavy atom. The molecule has 0 aromatic carbocycles. The van der Waals surface area contributed by atoms with E-state index in [4.69, 9.17) is 24.7 Å². The number of H-pyrrole nitrogens is 1. The smallest absolute Gasteiger partial charge is 0.317 e. The Bertz CT molecular complexity index is 549. The predicted molar refractivity (Wildman–Crippen MR) is 101 cm³/mol. The summed E-state index contributed by atoms with van der Waals surface area (Å²) in [7, 11) is -3.67. The molecule has 0 aliphatic rings. The third-order valence-corrected chi connectivity index (χ3v) is 1.19. The van der Waals surface area contributed by atoms with Gasteiger partial charge in [-0.05, 0) is 13.8 Å². The molecular formula is C13H34N4O9S. The predicted octanol–water partition coefficient (Wildman–Crippen LogP) is 1.44. The molecule has 0 fully saturated rings. The van der Waals surface area contributed by atoms with Crippen LogP contribution >= 0.6 is 0 Å². The summed E-state index contributed by atoms with van der Waals surface area (Å²) in [4.78, 5) is 28.5. The van der Waals surface area contributed by atoms with E-state index in [0.29, 0.717) is 12.1 Å². The van der Waals surface area contributed by atoms with E-state index in [0.717, 1.165) is 13.8 Å². The highest BCUT2D eigenvalue weighted by molar-refractivity contribution is 7.85. The first-order chi connectivity index (χ1) is 10.2. The Balaban J connectivity index is -0.0000000387. The number of rotatable bonds is 2. The molecule has 1 aromatic heterocycles. The summed E-state index contributed by atoms with van der Waals surface area (Å²) >= 11 is 0. The van der Waals surface area contributed by atoms with Gasteiger partial charge < -0.3 is 15.3 Å². The second kappa shape index (κ2) is 23.4. The summed E-state index contributed by atoms with van der Waals surface area (Å²) in [5.74, 6) is -4.07. The SMILES string of the molecule is C.C.C.C.CC(=O)O.CC(C(=O)O)C(=O)O.CS(=O)(=O)O.Cc1nn[nH]n1. The van der Waals surface area contributed by atoms with Crippen LogP contribution in [0, 0.1) is 12.8 Å². The minimum Gasteiger partial charge on any atom is -0.481 e. The van der Waals surface area contributed by atoms with Crippen LogP contribution in [0.3, 0.4) is 0 Å². The molecule has 166 valence electrons. The number of hydrogen-bond acceptors (Lipinski definition) is 8. The van der Waals surface area contributed by atoms with E-state index in [1.54, 1.807) is 6.92 Å². The van der Waals surface area contributed by atoms with Crippen LogP contribution in [0.4, 0.5) is 0 Å². The first-order valence-electron chi connectivity index (χ1n) is 5.46. The lowest BCUT2D eigenvalue weighted by Gasteiger charge is -1.94. The molecule has 0 amide bonds. The second-order valence-corrected chi connectivity index (χ2v) is 5.08. The zero-order chi connectivity index (χ0) is 19.2. The van der Waals surface area contributed by atoms with Crippen LogP contribution < -0.4 is 0 Å². The van der Waals surface area contributed by atoms with E-state index in [1.807, 2.05) is 0 Å². The molecule has 0 spiro atoms. The molecule has 1 heterocycles. The largest absolute Gasteiger partial charge is 0.481 e. The lowest BCUT2D eigenvalue weighted by Crippen LogP contribution is -2.19. The van der Waals surface area contributed by atoms with Crippen molar-refractivity contribution in [1.82, 2.24) is 20.6 Å². The fourth-order valence-corrected chi connectivity index (χ4v) is 0.317. The number of carbonyl (C=O) groups is 3. The van der Waals surface area contributed by atoms with Crippen LogP contribution in [0.25, 0.3) is 0 Å². The van der Waals surface area contributed by atoms with E-state index in [2.05, 4.69) is 20.6 Å². The summed E-state index contributed by atoms with van der Waals surface area (Å²) in [5, 5.41) is 36.1. The summed E-state index contributed by atoms with van der Waals surface area (Å²) < 4.78 is 25.9. The number of aryl methyl sites for hydroxylation is 1. The van der Waals surface area contributed by atoms with Crippen molar-refractivity contribution in [3.8, 4) is 0 Å². The molecule has 0 bridgehead atoms. The Hall–Kier alpha value is -2.61. The minimum atomic E-state index is -3.67. The Morgan fingerprint density at radius 1 is 1.00 bits per heavy atom. The van der Waals surface area contributed by atoms with Crippen molar-refractivity contribution in [2.24, 2.45) is 5.92 Å². The van der Waals surface area contributed by atoms with Gasteiger partial charge in [-0.3, -0.25) is 18.9 Å². The molecule has 0 aliphatic heterocycles. The van der Waals surface area contributed by atoms with E-state index >= 15 is 0 Å². The summed E-state index contributed by atoms with van der Waals surface area (Å²) in [5.41, 5.74) is 0. The Labute approximate surface area is 160 Å². The minimum absolute atomic E-state index is 0. The van der Waals surface area contributed by atoms with Gasteiger partial charge in [0.15, 0.2) is 11.7 Å². The molecule has 13 nitrogen and oxygen atoms in total. The fraction of sp³-hybridized carbons (Fsp3) is 0.692. The van der Waals surface area contributed by atoms with Crippen molar-refractivity contribution in [3.05, 3.63) is 5.82 Å². The average Bonchev–Trinajstić information content (AvgIpc) is 2.76. The van der Waals surface area contributed by atoms with Crippen molar-refractivity contribution in [1.29, 1.82) is 0 Å². The molecule has 1 rings (SSSR count). The van der Waals surface area contributed by atoms with Gasteiger partial charge in [0.25, 0.3) is 16.1 Å². The highest BCUT2D eigenvalue weighted by atomic mass is 32.2. The van der Waals surface area contributed by atoms with Crippen molar-refractivity contribution < 1.29 is 42.7 Å². The van der Waals surface area contributed by atoms with Crippen molar-refractivity contribution in [3.63, 3.8) is 0 Å². The molecule has 5 N–H and O–H groups in total. The topological polar surface area (TPSA) is 221 Å². The number of nitrogens with zero attached hydrogens (tertiary/aromatic N) is 3. The van der Waals surface area contributed by atoms with Gasteiger partial charge >= 0.3 is 11.9 Å². The van der Waals surface area contributed by atoms with Gasteiger partial charge in [0.05, 0.1) is 6.26 Å². The highest BCUT2D eigenvalue weighted by Gasteiger charge is 2.18. The maximum Gasteiger partial charge on any atom is 0.317 e. The number of aromatic amines is 1. The number of aromatic nitrogens is 4. The first-order valence-corrected chi connectivity index (χ1v) is 7.30. The third kappa shape index (κ3) is 69.7. The maximum atomic E-state index is 9.76. The number of tetrazole rings is 1. The number of hydrogen-bond donors (Lipinski definition) is 5. The molecule has 0 unspecified atom stereocenters. The zero-order valence-corrected chi connectivity index (χ0v) is 13.5. The second-order valence-electron chi connectivity index (χ2n) is 3.61. The van der Waals surface area contributed by atoms with Gasteiger partial charge in [-0.25, -0.2) is 0 Å². The van der Waals surface area contributed by atoms with Crippen molar-refractivity contribution in [2.75, 3.05) is 6.26 Å². The molecule has 14 heteroatoms. The molecule has 0 aliphatic carbocycles. The molecule has 0 saturated carbocycles. The van der Waals surface area contributed by atoms with E-state index in [9.17, 15) is 18.0 Å². The number of carboxylic acids is 3. The third-order valence-electron chi connectivity index (χ3n) is 1.19. The summed E-state index contributed by atoms with van der Waals surface area (Å²) in [6.07, 6.45) is 0.715. The Morgan fingerprint density at radius 2 is 1.26 bits per heavy atom. The molecular weight excluding hydrogens is 388 g/mol. The van der Waals surface area contributed by atoms with E-state index in [1.165, 1.54) is 0 Å². The van der Waals surface area contributed by atoms with Gasteiger partial charge in [0, 0.05) is 6.92 Å². The van der Waals surface area contributed by atoms with Gasteiger partial charge in [-0.15, -0.1) is 10.2 Å². The summed E-state index contributed by atoms with van der Waals surface area (Å²) in [6, 6.07) is 0. The molecule has 0 radical (unpaired) electrons. The molecule has 27 heavy (non-hydrogen) atoms. The van der Waals surface area contributed by atoms with Gasteiger partial charge in [-0.2, -0.15) is 13.6 Å². The number of aliphatic carboxylic acids is 3. The Kier molecular flexibility index (Phi) is 38.2. The monoisotopic (exact) mass is 422 g/mol. The van der Waals surface area contributed by atoms with Crippen molar-refractivity contribution >= 4 is 28.0 Å². The first kappa shape index (κ1) is 44.1. The summed E-state index contributed by atoms with van der Waals surface area (Å²) in [6.45, 7) is 3.97. The van der Waals surface area contributed by atoms with Crippen molar-refractivity contribution in [2.45, 2.75) is 50.5 Å².